The van der Waals surface area contributed by atoms with Gasteiger partial charge in [-0.25, -0.2) is 0 Å². The van der Waals surface area contributed by atoms with Crippen LogP contribution in [-0.4, -0.2) is 36.4 Å². The maximum absolute atomic E-state index is 13.7. The Morgan fingerprint density at radius 2 is 1.60 bits per heavy atom. The molecule has 0 radical (unpaired) electrons. The van der Waals surface area contributed by atoms with Gasteiger partial charge < -0.3 is 29.2 Å². The predicted molar refractivity (Wildman–Crippen MR) is 170 cm³/mol. The second-order valence-corrected chi connectivity index (χ2v) is 10.5. The number of rotatable bonds is 18. The van der Waals surface area contributed by atoms with E-state index >= 15 is 0 Å². The Labute approximate surface area is 249 Å². The number of nitrogens with one attached hydrogen (secondary N) is 1. The molecule has 0 aliphatic heterocycles. The van der Waals surface area contributed by atoms with Gasteiger partial charge in [0.05, 0.1) is 26.3 Å². The van der Waals surface area contributed by atoms with Gasteiger partial charge in [0.1, 0.15) is 0 Å². The number of methoxy groups -OCH3 is 2. The first kappa shape index (κ1) is 32.6. The summed E-state index contributed by atoms with van der Waals surface area (Å²) in [5.74, 6) is 0.697. The van der Waals surface area contributed by atoms with E-state index in [4.69, 9.17) is 14.2 Å². The highest BCUT2D eigenvalue weighted by molar-refractivity contribution is 6.03. The number of unbranched alkanes of at least 4 members (excludes halogenated alkanes) is 8. The molecule has 2 aromatic carbocycles. The molecule has 1 heterocycles. The molecule has 0 aliphatic carbocycles. The average Bonchev–Trinajstić information content (AvgIpc) is 2.99. The number of hydrogen-bond acceptors (Lipinski definition) is 6. The zero-order chi connectivity index (χ0) is 30.3. The second-order valence-electron chi connectivity index (χ2n) is 10.5. The average molecular weight is 579 g/mol. The van der Waals surface area contributed by atoms with Gasteiger partial charge in [-0.2, -0.15) is 0 Å². The minimum Gasteiger partial charge on any atom is -0.504 e. The minimum atomic E-state index is -0.330. The molecule has 1 amide bonds. The topological polar surface area (TPSA) is 99.0 Å². The van der Waals surface area contributed by atoms with Crippen molar-refractivity contribution in [3.63, 3.8) is 0 Å². The van der Waals surface area contributed by atoms with Crippen LogP contribution >= 0.6 is 0 Å². The van der Waals surface area contributed by atoms with E-state index in [2.05, 4.69) is 19.2 Å². The fraction of sp³-hybridized carbons (Fsp3) is 0.471. The normalized spacial score (nSPS) is 11.2. The van der Waals surface area contributed by atoms with Gasteiger partial charge in [-0.15, -0.1) is 0 Å². The molecule has 42 heavy (non-hydrogen) atoms. The van der Waals surface area contributed by atoms with Crippen molar-refractivity contribution in [3.8, 4) is 23.0 Å². The van der Waals surface area contributed by atoms with Gasteiger partial charge in [0, 0.05) is 23.7 Å². The molecule has 0 saturated carbocycles. The summed E-state index contributed by atoms with van der Waals surface area (Å²) < 4.78 is 18.7. The molecular weight excluding hydrogens is 532 g/mol. The summed E-state index contributed by atoms with van der Waals surface area (Å²) in [6, 6.07) is 10.3. The molecule has 0 aliphatic rings. The molecule has 3 aromatic rings. The summed E-state index contributed by atoms with van der Waals surface area (Å²) in [5.41, 5.74) is 1.74. The van der Waals surface area contributed by atoms with Gasteiger partial charge in [0.25, 0.3) is 5.56 Å². The number of carbonyl (C=O) groups excluding carboxylic acids is 1. The number of aromatic nitrogens is 1. The Hall–Kier alpha value is -3.94. The van der Waals surface area contributed by atoms with Gasteiger partial charge in [-0.1, -0.05) is 71.3 Å². The first-order chi connectivity index (χ1) is 20.4. The van der Waals surface area contributed by atoms with Crippen molar-refractivity contribution in [2.45, 2.75) is 84.6 Å². The molecular formula is C34H46N2O6. The van der Waals surface area contributed by atoms with Gasteiger partial charge in [-0.3, -0.25) is 9.59 Å². The molecule has 0 saturated heterocycles. The molecule has 0 atom stereocenters. The van der Waals surface area contributed by atoms with Crippen LogP contribution in [0.3, 0.4) is 0 Å². The number of phenols is 1. The molecule has 8 nitrogen and oxygen atoms in total. The lowest BCUT2D eigenvalue weighted by atomic mass is 10.1. The number of aryl methyl sites for hydroxylation is 1. The number of aromatic hydroxyl groups is 1. The molecule has 2 N–H and O–H groups in total. The molecule has 1 aromatic heterocycles. The standard InChI is InChI=1S/C34H46N2O6/c1-5-7-9-11-12-14-22-42-33-32(41-4)27-18-17-26(24-28(27)36(34(33)39)21-13-10-8-6-2)35-31(38)20-16-25-15-19-29(37)30(23-25)40-3/h15-20,23-24,37H,5-14,21-22H2,1-4H3,(H,35,38). The van der Waals surface area contributed by atoms with Crippen LogP contribution in [0.15, 0.2) is 47.3 Å². The number of carbonyl (C=O) groups is 1. The maximum atomic E-state index is 13.7. The van der Waals surface area contributed by atoms with E-state index in [1.807, 2.05) is 12.1 Å². The third-order valence-electron chi connectivity index (χ3n) is 7.26. The van der Waals surface area contributed by atoms with Crippen LogP contribution in [0.4, 0.5) is 5.69 Å². The smallest absolute Gasteiger partial charge is 0.297 e. The quantitative estimate of drug-likeness (QED) is 0.119. The van der Waals surface area contributed by atoms with Crippen molar-refractivity contribution in [3.05, 3.63) is 58.4 Å². The predicted octanol–water partition coefficient (Wildman–Crippen LogP) is 7.70. The highest BCUT2D eigenvalue weighted by atomic mass is 16.5. The van der Waals surface area contributed by atoms with Crippen LogP contribution in [-0.2, 0) is 11.3 Å². The summed E-state index contributed by atoms with van der Waals surface area (Å²) in [5, 5.41) is 13.4. The number of ether oxygens (including phenoxy) is 3. The molecule has 228 valence electrons. The summed E-state index contributed by atoms with van der Waals surface area (Å²) >= 11 is 0. The fourth-order valence-corrected chi connectivity index (χ4v) is 4.94. The Bertz CT molecular complexity index is 1400. The first-order valence-corrected chi connectivity index (χ1v) is 15.2. The molecule has 0 unspecified atom stereocenters. The lowest BCUT2D eigenvalue weighted by Gasteiger charge is -2.18. The van der Waals surface area contributed by atoms with Crippen LogP contribution in [0.5, 0.6) is 23.0 Å². The highest BCUT2D eigenvalue weighted by Crippen LogP contribution is 2.34. The largest absolute Gasteiger partial charge is 0.504 e. The van der Waals surface area contributed by atoms with E-state index in [0.717, 1.165) is 43.9 Å². The van der Waals surface area contributed by atoms with E-state index in [1.54, 1.807) is 36.0 Å². The molecule has 0 fully saturated rings. The Kier molecular flexibility index (Phi) is 13.3. The highest BCUT2D eigenvalue weighted by Gasteiger charge is 2.20. The first-order valence-electron chi connectivity index (χ1n) is 15.2. The minimum absolute atomic E-state index is 0.0300. The second kappa shape index (κ2) is 17.1. The summed E-state index contributed by atoms with van der Waals surface area (Å²) in [6.07, 6.45) is 13.9. The number of anilines is 1. The number of amides is 1. The number of pyridine rings is 1. The van der Waals surface area contributed by atoms with Crippen LogP contribution in [0, 0.1) is 0 Å². The SMILES string of the molecule is CCCCCCCCOc1c(OC)c2ccc(NC(=O)C=Cc3ccc(O)c(OC)c3)cc2n(CCCCCC)c1=O. The summed E-state index contributed by atoms with van der Waals surface area (Å²) in [6.45, 7) is 5.37. The van der Waals surface area contributed by atoms with E-state index in [-0.39, 0.29) is 23.0 Å². The molecule has 0 spiro atoms. The summed E-state index contributed by atoms with van der Waals surface area (Å²) in [4.78, 5) is 26.5. The van der Waals surface area contributed by atoms with Crippen LogP contribution < -0.4 is 25.1 Å². The van der Waals surface area contributed by atoms with E-state index in [0.29, 0.717) is 41.4 Å². The number of phenolic OH excluding ortho intramolecular Hbond substituents is 1. The number of hydrogen-bond donors (Lipinski definition) is 2. The molecule has 3 rings (SSSR count). The zero-order valence-corrected chi connectivity index (χ0v) is 25.5. The van der Waals surface area contributed by atoms with E-state index in [9.17, 15) is 14.7 Å². The van der Waals surface area contributed by atoms with Crippen molar-refractivity contribution in [1.82, 2.24) is 4.57 Å². The summed E-state index contributed by atoms with van der Waals surface area (Å²) in [7, 11) is 3.02. The van der Waals surface area contributed by atoms with Gasteiger partial charge >= 0.3 is 0 Å². The lowest BCUT2D eigenvalue weighted by molar-refractivity contribution is -0.111. The number of nitrogens with zero attached hydrogens (tertiary/aromatic N) is 1. The number of fused-ring (bicyclic) bond motifs is 1. The van der Waals surface area contributed by atoms with Gasteiger partial charge in [-0.05, 0) is 54.8 Å². The van der Waals surface area contributed by atoms with E-state index in [1.165, 1.54) is 44.9 Å². The van der Waals surface area contributed by atoms with Crippen LogP contribution in [0.1, 0.15) is 83.6 Å². The lowest BCUT2D eigenvalue weighted by Crippen LogP contribution is -2.24. The van der Waals surface area contributed by atoms with Gasteiger partial charge in [0.15, 0.2) is 17.2 Å². The van der Waals surface area contributed by atoms with Crippen molar-refractivity contribution < 1.29 is 24.1 Å². The Balaban J connectivity index is 1.86. The Morgan fingerprint density at radius 1 is 0.881 bits per heavy atom. The van der Waals surface area contributed by atoms with Crippen LogP contribution in [0.25, 0.3) is 17.0 Å². The molecule has 0 bridgehead atoms. The zero-order valence-electron chi connectivity index (χ0n) is 25.5. The monoisotopic (exact) mass is 578 g/mol. The van der Waals surface area contributed by atoms with Gasteiger partial charge in [0.2, 0.25) is 11.7 Å². The van der Waals surface area contributed by atoms with Crippen molar-refractivity contribution >= 4 is 28.6 Å². The van der Waals surface area contributed by atoms with Crippen molar-refractivity contribution in [1.29, 1.82) is 0 Å². The van der Waals surface area contributed by atoms with E-state index < -0.39 is 0 Å². The third kappa shape index (κ3) is 9.03. The molecule has 8 heteroatoms. The number of benzene rings is 2. The Morgan fingerprint density at radius 3 is 2.31 bits per heavy atom. The maximum Gasteiger partial charge on any atom is 0.297 e. The fourth-order valence-electron chi connectivity index (χ4n) is 4.94. The van der Waals surface area contributed by atoms with Crippen molar-refractivity contribution in [2.75, 3.05) is 26.1 Å². The van der Waals surface area contributed by atoms with Crippen LogP contribution in [0.2, 0.25) is 0 Å². The third-order valence-corrected chi connectivity index (χ3v) is 7.26. The van der Waals surface area contributed by atoms with Crippen molar-refractivity contribution in [2.24, 2.45) is 0 Å².